The average molecular weight is 574 g/mol. The van der Waals surface area contributed by atoms with Crippen LogP contribution in [0.2, 0.25) is 0 Å². The average Bonchev–Trinajstić information content (AvgIpc) is 2.90. The van der Waals surface area contributed by atoms with E-state index in [1.54, 1.807) is 17.8 Å². The van der Waals surface area contributed by atoms with E-state index >= 15 is 0 Å². The molecule has 0 amide bonds. The van der Waals surface area contributed by atoms with Crippen LogP contribution in [-0.4, -0.2) is 54.7 Å². The largest absolute Gasteiger partial charge is 0.296 e. The molecule has 0 spiro atoms. The van der Waals surface area contributed by atoms with E-state index in [0.717, 1.165) is 46.0 Å². The van der Waals surface area contributed by atoms with Crippen molar-refractivity contribution < 1.29 is 4.79 Å². The number of piperidine rings is 1. The SMILES string of the molecule is CCCCCCSc1nc(C)cc(C=O)n1.CCCCCCSc1nc(C)cc(CN2C(C)CCCC2C)n1. The van der Waals surface area contributed by atoms with E-state index < -0.39 is 0 Å². The standard InChI is InChI=1S/C19H33N3S.C12H18N2OS/c1-5-6-7-8-12-23-19-20-15(2)13-18(21-19)14-22-16(3)10-9-11-17(22)4;1-3-4-5-6-7-16-12-13-10(2)8-11(9-15)14-12/h13,16-17H,5-12,14H2,1-4H3;8-9H,3-7H2,1-2H3. The highest BCUT2D eigenvalue weighted by atomic mass is 32.2. The molecule has 2 aromatic rings. The van der Waals surface area contributed by atoms with Crippen molar-refractivity contribution in [2.75, 3.05) is 11.5 Å². The van der Waals surface area contributed by atoms with E-state index in [1.807, 2.05) is 18.7 Å². The van der Waals surface area contributed by atoms with Gasteiger partial charge in [-0.3, -0.25) is 9.69 Å². The first-order valence-electron chi connectivity index (χ1n) is 15.0. The van der Waals surface area contributed by atoms with Gasteiger partial charge in [0.1, 0.15) is 5.69 Å². The summed E-state index contributed by atoms with van der Waals surface area (Å²) in [5.41, 5.74) is 3.62. The Labute approximate surface area is 246 Å². The normalized spacial score (nSPS) is 17.5. The van der Waals surface area contributed by atoms with Crippen LogP contribution in [0.3, 0.4) is 0 Å². The Morgan fingerprint density at radius 1 is 0.795 bits per heavy atom. The van der Waals surface area contributed by atoms with Gasteiger partial charge in [-0.2, -0.15) is 0 Å². The highest BCUT2D eigenvalue weighted by Gasteiger charge is 2.25. The van der Waals surface area contributed by atoms with E-state index in [2.05, 4.69) is 60.5 Å². The summed E-state index contributed by atoms with van der Waals surface area (Å²) in [4.78, 5) is 31.1. The van der Waals surface area contributed by atoms with Crippen molar-refractivity contribution in [3.8, 4) is 0 Å². The van der Waals surface area contributed by atoms with Crippen LogP contribution < -0.4 is 0 Å². The van der Waals surface area contributed by atoms with E-state index in [9.17, 15) is 4.79 Å². The number of hydrogen-bond donors (Lipinski definition) is 0. The smallest absolute Gasteiger partial charge is 0.188 e. The molecule has 1 aliphatic rings. The van der Waals surface area contributed by atoms with Crippen LogP contribution in [0.15, 0.2) is 22.4 Å². The molecule has 2 aromatic heterocycles. The Balaban J connectivity index is 0.000000293. The predicted molar refractivity (Wildman–Crippen MR) is 167 cm³/mol. The lowest BCUT2D eigenvalue weighted by Crippen LogP contribution is -2.43. The summed E-state index contributed by atoms with van der Waals surface area (Å²) in [7, 11) is 0. The monoisotopic (exact) mass is 573 g/mol. The Morgan fingerprint density at radius 2 is 1.33 bits per heavy atom. The number of carbonyl (C=O) groups is 1. The minimum atomic E-state index is 0.476. The van der Waals surface area contributed by atoms with Crippen LogP contribution in [0.1, 0.15) is 126 Å². The first-order chi connectivity index (χ1) is 18.9. The molecular weight excluding hydrogens is 523 g/mol. The van der Waals surface area contributed by atoms with Crippen molar-refractivity contribution in [3.63, 3.8) is 0 Å². The fraction of sp³-hybridized carbons (Fsp3) is 0.710. The van der Waals surface area contributed by atoms with Crippen molar-refractivity contribution in [2.45, 2.75) is 141 Å². The second kappa shape index (κ2) is 19.5. The van der Waals surface area contributed by atoms with Crippen molar-refractivity contribution in [1.29, 1.82) is 0 Å². The lowest BCUT2D eigenvalue weighted by molar-refractivity contribution is 0.0935. The molecule has 0 bridgehead atoms. The third-order valence-electron chi connectivity index (χ3n) is 7.04. The van der Waals surface area contributed by atoms with Gasteiger partial charge in [0.05, 0.1) is 5.69 Å². The number of nitrogens with zero attached hydrogens (tertiary/aromatic N) is 5. The quantitative estimate of drug-likeness (QED) is 0.0909. The van der Waals surface area contributed by atoms with Gasteiger partial charge in [-0.1, -0.05) is 82.3 Å². The van der Waals surface area contributed by atoms with Crippen molar-refractivity contribution in [2.24, 2.45) is 0 Å². The number of carbonyl (C=O) groups excluding carboxylic acids is 1. The fourth-order valence-electron chi connectivity index (χ4n) is 4.80. The zero-order valence-corrected chi connectivity index (χ0v) is 26.9. The molecule has 8 heteroatoms. The highest BCUT2D eigenvalue weighted by molar-refractivity contribution is 7.99. The van der Waals surface area contributed by atoms with E-state index in [-0.39, 0.29) is 0 Å². The minimum Gasteiger partial charge on any atom is -0.296 e. The van der Waals surface area contributed by atoms with Crippen LogP contribution in [0.5, 0.6) is 0 Å². The second-order valence-electron chi connectivity index (χ2n) is 10.7. The first kappa shape index (κ1) is 33.7. The zero-order chi connectivity index (χ0) is 28.5. The van der Waals surface area contributed by atoms with Crippen molar-refractivity contribution >= 4 is 29.8 Å². The number of likely N-dealkylation sites (tertiary alicyclic amines) is 1. The number of unbranched alkanes of at least 4 members (excludes halogenated alkanes) is 6. The van der Waals surface area contributed by atoms with Crippen molar-refractivity contribution in [1.82, 2.24) is 24.8 Å². The van der Waals surface area contributed by atoms with Crippen LogP contribution in [0, 0.1) is 13.8 Å². The van der Waals surface area contributed by atoms with Crippen LogP contribution in [0.25, 0.3) is 0 Å². The molecule has 0 saturated carbocycles. The Kier molecular flexibility index (Phi) is 16.9. The molecule has 6 nitrogen and oxygen atoms in total. The molecule has 39 heavy (non-hydrogen) atoms. The molecule has 0 N–H and O–H groups in total. The van der Waals surface area contributed by atoms with Gasteiger partial charge in [-0.05, 0) is 65.5 Å². The molecule has 1 fully saturated rings. The summed E-state index contributed by atoms with van der Waals surface area (Å²) < 4.78 is 0. The maximum atomic E-state index is 10.6. The molecule has 3 heterocycles. The van der Waals surface area contributed by atoms with Gasteiger partial charge < -0.3 is 0 Å². The molecule has 1 saturated heterocycles. The highest BCUT2D eigenvalue weighted by Crippen LogP contribution is 2.25. The van der Waals surface area contributed by atoms with Gasteiger partial charge in [-0.25, -0.2) is 19.9 Å². The minimum absolute atomic E-state index is 0.476. The fourth-order valence-corrected chi connectivity index (χ4v) is 6.63. The van der Waals surface area contributed by atoms with E-state index in [0.29, 0.717) is 17.8 Å². The molecule has 2 atom stereocenters. The summed E-state index contributed by atoms with van der Waals surface area (Å²) in [6, 6.07) is 5.20. The van der Waals surface area contributed by atoms with Gasteiger partial charge in [0.15, 0.2) is 16.6 Å². The van der Waals surface area contributed by atoms with E-state index in [1.165, 1.54) is 76.3 Å². The van der Waals surface area contributed by atoms with Crippen molar-refractivity contribution in [3.05, 3.63) is 34.9 Å². The number of thioether (sulfide) groups is 2. The van der Waals surface area contributed by atoms with Crippen LogP contribution in [0.4, 0.5) is 0 Å². The number of aromatic nitrogens is 4. The van der Waals surface area contributed by atoms with Crippen LogP contribution >= 0.6 is 23.5 Å². The Morgan fingerprint density at radius 3 is 1.87 bits per heavy atom. The number of rotatable bonds is 15. The summed E-state index contributed by atoms with van der Waals surface area (Å²) in [6.45, 7) is 14.1. The molecule has 0 aliphatic carbocycles. The summed E-state index contributed by atoms with van der Waals surface area (Å²) in [5, 5.41) is 1.69. The topological polar surface area (TPSA) is 71.9 Å². The second-order valence-corrected chi connectivity index (χ2v) is 12.9. The third-order valence-corrected chi connectivity index (χ3v) is 8.91. The maximum absolute atomic E-state index is 10.6. The molecule has 1 aliphatic heterocycles. The van der Waals surface area contributed by atoms with Gasteiger partial charge in [0.25, 0.3) is 0 Å². The first-order valence-corrected chi connectivity index (χ1v) is 17.0. The summed E-state index contributed by atoms with van der Waals surface area (Å²) in [6.07, 6.45) is 15.0. The number of aryl methyl sites for hydroxylation is 2. The third kappa shape index (κ3) is 13.6. The molecule has 0 radical (unpaired) electrons. The summed E-state index contributed by atoms with van der Waals surface area (Å²) >= 11 is 3.46. The lowest BCUT2D eigenvalue weighted by atomic mass is 9.97. The van der Waals surface area contributed by atoms with Gasteiger partial charge >= 0.3 is 0 Å². The molecule has 0 aromatic carbocycles. The molecule has 2 unspecified atom stereocenters. The maximum Gasteiger partial charge on any atom is 0.188 e. The van der Waals surface area contributed by atoms with Crippen LogP contribution in [-0.2, 0) is 6.54 Å². The van der Waals surface area contributed by atoms with E-state index in [4.69, 9.17) is 4.98 Å². The summed E-state index contributed by atoms with van der Waals surface area (Å²) in [5.74, 6) is 2.17. The Bertz CT molecular complexity index is 964. The van der Waals surface area contributed by atoms with Gasteiger partial charge in [-0.15, -0.1) is 0 Å². The molecular formula is C31H51N5OS2. The van der Waals surface area contributed by atoms with Gasteiger partial charge in [0, 0.05) is 41.5 Å². The number of hydrogen-bond acceptors (Lipinski definition) is 8. The number of aldehydes is 1. The van der Waals surface area contributed by atoms with Gasteiger partial charge in [0.2, 0.25) is 0 Å². The zero-order valence-electron chi connectivity index (χ0n) is 25.2. The Hall–Kier alpha value is -1.51. The lowest BCUT2D eigenvalue weighted by Gasteiger charge is -2.38. The molecule has 3 rings (SSSR count). The molecule has 218 valence electrons. The predicted octanol–water partition coefficient (Wildman–Crippen LogP) is 8.49.